The Kier molecular flexibility index (Phi) is 5.82. The fourth-order valence-corrected chi connectivity index (χ4v) is 2.23. The summed E-state index contributed by atoms with van der Waals surface area (Å²) in [4.78, 5) is 23.2. The van der Waals surface area contributed by atoms with Gasteiger partial charge in [-0.15, -0.1) is 0 Å². The molecule has 0 aliphatic heterocycles. The fourth-order valence-electron chi connectivity index (χ4n) is 2.23. The highest BCUT2D eigenvalue weighted by atomic mass is 19.4. The zero-order chi connectivity index (χ0) is 19.3. The Labute approximate surface area is 148 Å². The highest BCUT2D eigenvalue weighted by molar-refractivity contribution is 6.03. The van der Waals surface area contributed by atoms with Crippen LogP contribution in [0.1, 0.15) is 23.6 Å². The quantitative estimate of drug-likeness (QED) is 0.780. The van der Waals surface area contributed by atoms with E-state index in [4.69, 9.17) is 0 Å². The molecule has 0 spiro atoms. The van der Waals surface area contributed by atoms with Gasteiger partial charge in [0.05, 0.1) is 5.56 Å². The van der Waals surface area contributed by atoms with Crippen LogP contribution in [-0.4, -0.2) is 11.8 Å². The number of amides is 2. The largest absolute Gasteiger partial charge is 0.416 e. The molecule has 4 nitrogen and oxygen atoms in total. The van der Waals surface area contributed by atoms with Gasteiger partial charge in [-0.1, -0.05) is 18.2 Å². The molecule has 0 atom stereocenters. The molecular formula is C19H17F3N2O2. The molecule has 0 aliphatic carbocycles. The van der Waals surface area contributed by atoms with E-state index in [9.17, 15) is 22.8 Å². The Morgan fingerprint density at radius 2 is 1.54 bits per heavy atom. The maximum atomic E-state index is 12.5. The average molecular weight is 362 g/mol. The molecule has 0 bridgehead atoms. The average Bonchev–Trinajstić information content (AvgIpc) is 2.56. The Morgan fingerprint density at radius 3 is 2.08 bits per heavy atom. The van der Waals surface area contributed by atoms with E-state index in [-0.39, 0.29) is 5.91 Å². The highest BCUT2D eigenvalue weighted by Gasteiger charge is 2.29. The minimum Gasteiger partial charge on any atom is -0.326 e. The summed E-state index contributed by atoms with van der Waals surface area (Å²) in [6.45, 7) is 3.14. The first-order chi connectivity index (χ1) is 12.2. The maximum Gasteiger partial charge on any atom is 0.416 e. The predicted molar refractivity (Wildman–Crippen MR) is 94.6 cm³/mol. The van der Waals surface area contributed by atoms with E-state index in [1.54, 1.807) is 25.1 Å². The second kappa shape index (κ2) is 7.86. The third-order valence-corrected chi connectivity index (χ3v) is 3.57. The van der Waals surface area contributed by atoms with Gasteiger partial charge in [0, 0.05) is 24.4 Å². The van der Waals surface area contributed by atoms with Gasteiger partial charge < -0.3 is 10.6 Å². The van der Waals surface area contributed by atoms with Crippen molar-refractivity contribution in [1.82, 2.24) is 0 Å². The molecule has 0 unspecified atom stereocenters. The number of nitrogens with one attached hydrogen (secondary N) is 2. The molecule has 136 valence electrons. The van der Waals surface area contributed by atoms with Crippen molar-refractivity contribution < 1.29 is 22.8 Å². The van der Waals surface area contributed by atoms with E-state index in [0.717, 1.165) is 12.1 Å². The van der Waals surface area contributed by atoms with Crippen LogP contribution in [0.5, 0.6) is 0 Å². The number of hydrogen-bond acceptors (Lipinski definition) is 2. The van der Waals surface area contributed by atoms with Crippen LogP contribution >= 0.6 is 0 Å². The summed E-state index contributed by atoms with van der Waals surface area (Å²) in [5, 5.41) is 5.33. The van der Waals surface area contributed by atoms with Crippen molar-refractivity contribution in [1.29, 1.82) is 0 Å². The highest BCUT2D eigenvalue weighted by Crippen LogP contribution is 2.29. The first-order valence-corrected chi connectivity index (χ1v) is 7.70. The Balaban J connectivity index is 2.07. The lowest BCUT2D eigenvalue weighted by atomic mass is 10.1. The van der Waals surface area contributed by atoms with Gasteiger partial charge in [-0.05, 0) is 48.4 Å². The van der Waals surface area contributed by atoms with Crippen LogP contribution in [0.3, 0.4) is 0 Å². The Hall–Kier alpha value is -3.09. The summed E-state index contributed by atoms with van der Waals surface area (Å²) in [5.41, 5.74) is 1.53. The molecule has 0 aromatic heterocycles. The lowest BCUT2D eigenvalue weighted by molar-refractivity contribution is -0.137. The van der Waals surface area contributed by atoms with E-state index in [0.29, 0.717) is 22.5 Å². The smallest absolute Gasteiger partial charge is 0.326 e. The van der Waals surface area contributed by atoms with Crippen molar-refractivity contribution in [2.24, 2.45) is 0 Å². The Bertz CT molecular complexity index is 841. The molecule has 7 heteroatoms. The molecule has 2 rings (SSSR count). The summed E-state index contributed by atoms with van der Waals surface area (Å²) in [7, 11) is 0. The zero-order valence-corrected chi connectivity index (χ0v) is 14.1. The molecule has 2 aromatic rings. The molecule has 2 aromatic carbocycles. The van der Waals surface area contributed by atoms with E-state index in [2.05, 4.69) is 10.6 Å². The molecule has 26 heavy (non-hydrogen) atoms. The summed E-state index contributed by atoms with van der Waals surface area (Å²) < 4.78 is 37.6. The normalized spacial score (nSPS) is 11.4. The molecule has 2 N–H and O–H groups in total. The summed E-state index contributed by atoms with van der Waals surface area (Å²) >= 11 is 0. The first-order valence-electron chi connectivity index (χ1n) is 7.70. The van der Waals surface area contributed by atoms with Gasteiger partial charge in [-0.3, -0.25) is 9.59 Å². The van der Waals surface area contributed by atoms with Crippen molar-refractivity contribution in [3.63, 3.8) is 0 Å². The van der Waals surface area contributed by atoms with Gasteiger partial charge in [0.15, 0.2) is 0 Å². The van der Waals surface area contributed by atoms with Crippen LogP contribution in [0.25, 0.3) is 6.08 Å². The lowest BCUT2D eigenvalue weighted by Gasteiger charge is -2.11. The van der Waals surface area contributed by atoms with Crippen molar-refractivity contribution in [2.45, 2.75) is 20.0 Å². The number of carbonyl (C=O) groups is 2. The molecule has 0 aliphatic rings. The molecule has 0 fully saturated rings. The van der Waals surface area contributed by atoms with Crippen LogP contribution in [0.4, 0.5) is 24.5 Å². The van der Waals surface area contributed by atoms with Crippen LogP contribution in [0.2, 0.25) is 0 Å². The molecule has 0 saturated heterocycles. The second-order valence-corrected chi connectivity index (χ2v) is 5.60. The van der Waals surface area contributed by atoms with Gasteiger partial charge in [0.2, 0.25) is 11.8 Å². The second-order valence-electron chi connectivity index (χ2n) is 5.60. The van der Waals surface area contributed by atoms with Gasteiger partial charge >= 0.3 is 6.18 Å². The van der Waals surface area contributed by atoms with E-state index >= 15 is 0 Å². The van der Waals surface area contributed by atoms with Crippen LogP contribution in [0.15, 0.2) is 48.5 Å². The van der Waals surface area contributed by atoms with E-state index in [1.807, 2.05) is 0 Å². The standard InChI is InChI=1S/C19H17F3N2O2/c1-12-16(23-13(2)25)4-3-5-17(12)24-18(26)11-8-14-6-9-15(10-7-14)19(20,21)22/h3-11H,1-2H3,(H,23,25)(H,24,26)/b11-8+. The topological polar surface area (TPSA) is 58.2 Å². The number of benzene rings is 2. The number of halogens is 3. The lowest BCUT2D eigenvalue weighted by Crippen LogP contribution is -2.12. The fraction of sp³-hybridized carbons (Fsp3) is 0.158. The van der Waals surface area contributed by atoms with E-state index < -0.39 is 17.6 Å². The first kappa shape index (κ1) is 19.2. The molecule has 0 heterocycles. The monoisotopic (exact) mass is 362 g/mol. The zero-order valence-electron chi connectivity index (χ0n) is 14.1. The van der Waals surface area contributed by atoms with Gasteiger partial charge in [0.25, 0.3) is 0 Å². The minimum atomic E-state index is -4.39. The number of hydrogen-bond donors (Lipinski definition) is 2. The van der Waals surface area contributed by atoms with Crippen molar-refractivity contribution in [3.05, 3.63) is 65.2 Å². The van der Waals surface area contributed by atoms with E-state index in [1.165, 1.54) is 31.2 Å². The SMILES string of the molecule is CC(=O)Nc1cccc(NC(=O)/C=C/c2ccc(C(F)(F)F)cc2)c1C. The van der Waals surface area contributed by atoms with Gasteiger partial charge in [-0.25, -0.2) is 0 Å². The minimum absolute atomic E-state index is 0.223. The van der Waals surface area contributed by atoms with Crippen LogP contribution in [0, 0.1) is 6.92 Å². The summed E-state index contributed by atoms with van der Waals surface area (Å²) in [6, 6.07) is 9.57. The summed E-state index contributed by atoms with van der Waals surface area (Å²) in [6.07, 6.45) is -1.74. The van der Waals surface area contributed by atoms with Crippen molar-refractivity contribution >= 4 is 29.3 Å². The van der Waals surface area contributed by atoms with Crippen molar-refractivity contribution in [2.75, 3.05) is 10.6 Å². The van der Waals surface area contributed by atoms with Gasteiger partial charge in [-0.2, -0.15) is 13.2 Å². The number of rotatable bonds is 4. The predicted octanol–water partition coefficient (Wildman–Crippen LogP) is 4.62. The van der Waals surface area contributed by atoms with Crippen LogP contribution in [-0.2, 0) is 15.8 Å². The maximum absolute atomic E-state index is 12.5. The number of carbonyl (C=O) groups excluding carboxylic acids is 2. The van der Waals surface area contributed by atoms with Gasteiger partial charge in [0.1, 0.15) is 0 Å². The molecular weight excluding hydrogens is 345 g/mol. The van der Waals surface area contributed by atoms with Crippen LogP contribution < -0.4 is 10.6 Å². The number of anilines is 2. The third kappa shape index (κ3) is 5.20. The Morgan fingerprint density at radius 1 is 0.962 bits per heavy atom. The third-order valence-electron chi connectivity index (χ3n) is 3.57. The molecule has 0 saturated carbocycles. The number of alkyl halides is 3. The molecule has 0 radical (unpaired) electrons. The van der Waals surface area contributed by atoms with Crippen molar-refractivity contribution in [3.8, 4) is 0 Å². The summed E-state index contributed by atoms with van der Waals surface area (Å²) in [5.74, 6) is -0.660. The molecule has 2 amide bonds.